The van der Waals surface area contributed by atoms with Crippen LogP contribution in [0, 0.1) is 11.7 Å². The number of carbonyl (C=O) groups excluding carboxylic acids is 1. The minimum absolute atomic E-state index is 0.204. The highest BCUT2D eigenvalue weighted by atomic mass is 19.1. The van der Waals surface area contributed by atoms with E-state index in [1.807, 2.05) is 11.8 Å². The SMILES string of the molecule is C[C@@H]1COc2cn3ncc4c3nc2N(Cc2cc(F)cnc2O[C@@H](C)CNC4=O)C1. The van der Waals surface area contributed by atoms with Crippen molar-refractivity contribution in [1.82, 2.24) is 24.9 Å². The number of rotatable bonds is 0. The van der Waals surface area contributed by atoms with Crippen LogP contribution in [0.4, 0.5) is 10.2 Å². The van der Waals surface area contributed by atoms with Crippen molar-refractivity contribution in [2.24, 2.45) is 5.92 Å². The van der Waals surface area contributed by atoms with Gasteiger partial charge in [0.05, 0.1) is 31.7 Å². The third kappa shape index (κ3) is 3.27. The molecule has 2 aliphatic rings. The molecule has 0 spiro atoms. The van der Waals surface area contributed by atoms with E-state index in [1.165, 1.54) is 16.8 Å². The number of aromatic nitrogens is 4. The summed E-state index contributed by atoms with van der Waals surface area (Å²) < 4.78 is 27.4. The van der Waals surface area contributed by atoms with Gasteiger partial charge in [-0.2, -0.15) is 5.10 Å². The summed E-state index contributed by atoms with van der Waals surface area (Å²) in [6.07, 6.45) is 3.98. The van der Waals surface area contributed by atoms with Gasteiger partial charge in [0, 0.05) is 24.6 Å². The molecule has 0 fully saturated rings. The van der Waals surface area contributed by atoms with E-state index in [9.17, 15) is 9.18 Å². The summed E-state index contributed by atoms with van der Waals surface area (Å²) in [5.41, 5.74) is 1.39. The highest BCUT2D eigenvalue weighted by molar-refractivity contribution is 5.99. The Morgan fingerprint density at radius 2 is 2.17 bits per heavy atom. The maximum absolute atomic E-state index is 14.0. The Hall–Kier alpha value is -3.43. The van der Waals surface area contributed by atoms with Crippen molar-refractivity contribution in [2.75, 3.05) is 24.6 Å². The van der Waals surface area contributed by atoms with Crippen LogP contribution < -0.4 is 19.7 Å². The molecule has 3 aromatic heterocycles. The Morgan fingerprint density at radius 1 is 1.30 bits per heavy atom. The fourth-order valence-corrected chi connectivity index (χ4v) is 3.72. The molecule has 0 aliphatic carbocycles. The van der Waals surface area contributed by atoms with Gasteiger partial charge in [-0.05, 0) is 13.0 Å². The lowest BCUT2D eigenvalue weighted by Crippen LogP contribution is -2.34. The van der Waals surface area contributed by atoms with E-state index < -0.39 is 5.82 Å². The second-order valence-electron chi connectivity index (χ2n) is 7.81. The van der Waals surface area contributed by atoms with E-state index in [1.54, 1.807) is 6.20 Å². The number of hydrogen-bond acceptors (Lipinski definition) is 7. The molecular formula is C20H21FN6O3. The molecule has 2 atom stereocenters. The van der Waals surface area contributed by atoms with E-state index in [0.717, 1.165) is 6.20 Å². The van der Waals surface area contributed by atoms with E-state index in [4.69, 9.17) is 14.5 Å². The number of nitrogens with zero attached hydrogens (tertiary/aromatic N) is 5. The molecule has 30 heavy (non-hydrogen) atoms. The van der Waals surface area contributed by atoms with Crippen LogP contribution in [0.1, 0.15) is 29.8 Å². The quantitative estimate of drug-likeness (QED) is 0.602. The van der Waals surface area contributed by atoms with Crippen molar-refractivity contribution in [3.63, 3.8) is 0 Å². The molecule has 5 heterocycles. The predicted molar refractivity (Wildman–Crippen MR) is 105 cm³/mol. The van der Waals surface area contributed by atoms with Crippen LogP contribution >= 0.6 is 0 Å². The van der Waals surface area contributed by atoms with E-state index in [-0.39, 0.29) is 24.5 Å². The smallest absolute Gasteiger partial charge is 0.256 e. The highest BCUT2D eigenvalue weighted by Crippen LogP contribution is 2.33. The van der Waals surface area contributed by atoms with Crippen LogP contribution in [0.2, 0.25) is 0 Å². The van der Waals surface area contributed by atoms with Gasteiger partial charge in [0.15, 0.2) is 17.2 Å². The lowest BCUT2D eigenvalue weighted by atomic mass is 10.1. The van der Waals surface area contributed by atoms with Gasteiger partial charge in [0.25, 0.3) is 5.91 Å². The Labute approximate surface area is 171 Å². The molecule has 0 radical (unpaired) electrons. The maximum atomic E-state index is 14.0. The first-order valence-corrected chi connectivity index (χ1v) is 9.83. The highest BCUT2D eigenvalue weighted by Gasteiger charge is 2.27. The molecule has 2 bridgehead atoms. The van der Waals surface area contributed by atoms with Gasteiger partial charge in [-0.25, -0.2) is 18.9 Å². The Kier molecular flexibility index (Phi) is 4.41. The monoisotopic (exact) mass is 412 g/mol. The topological polar surface area (TPSA) is 93.9 Å². The Balaban J connectivity index is 1.70. The van der Waals surface area contributed by atoms with E-state index in [2.05, 4.69) is 22.3 Å². The average molecular weight is 412 g/mol. The maximum Gasteiger partial charge on any atom is 0.256 e. The molecule has 0 unspecified atom stereocenters. The van der Waals surface area contributed by atoms with Crippen LogP contribution in [0.3, 0.4) is 0 Å². The summed E-state index contributed by atoms with van der Waals surface area (Å²) in [7, 11) is 0. The molecule has 0 saturated heterocycles. The van der Waals surface area contributed by atoms with Crippen molar-refractivity contribution < 1.29 is 18.7 Å². The van der Waals surface area contributed by atoms with Gasteiger partial charge < -0.3 is 19.7 Å². The minimum atomic E-state index is -0.441. The minimum Gasteiger partial charge on any atom is -0.488 e. The van der Waals surface area contributed by atoms with Crippen molar-refractivity contribution in [3.8, 4) is 11.6 Å². The number of pyridine rings is 1. The van der Waals surface area contributed by atoms with Crippen molar-refractivity contribution in [3.05, 3.63) is 41.6 Å². The Morgan fingerprint density at radius 3 is 3.03 bits per heavy atom. The van der Waals surface area contributed by atoms with Gasteiger partial charge in [-0.3, -0.25) is 4.79 Å². The molecule has 9 nitrogen and oxygen atoms in total. The first-order valence-electron chi connectivity index (χ1n) is 9.83. The largest absolute Gasteiger partial charge is 0.488 e. The number of amides is 1. The van der Waals surface area contributed by atoms with E-state index >= 15 is 0 Å². The zero-order valence-electron chi connectivity index (χ0n) is 16.6. The van der Waals surface area contributed by atoms with Gasteiger partial charge >= 0.3 is 0 Å². The lowest BCUT2D eigenvalue weighted by Gasteiger charge is -2.25. The number of anilines is 1. The zero-order chi connectivity index (χ0) is 20.8. The number of hydrogen-bond donors (Lipinski definition) is 1. The summed E-state index contributed by atoms with van der Waals surface area (Å²) in [4.78, 5) is 23.6. The summed E-state index contributed by atoms with van der Waals surface area (Å²) in [5.74, 6) is 0.925. The second-order valence-corrected chi connectivity index (χ2v) is 7.81. The van der Waals surface area contributed by atoms with E-state index in [0.29, 0.717) is 53.9 Å². The van der Waals surface area contributed by atoms with Crippen LogP contribution in [0.5, 0.6) is 11.6 Å². The van der Waals surface area contributed by atoms with Crippen LogP contribution in [-0.2, 0) is 6.54 Å². The standard InChI is InChI=1S/C20H21FN6O3/c1-11-7-26-8-13-3-14(21)5-23-20(13)30-12(2)4-22-19(28)15-6-24-27-9-16(29-10-11)18(26)25-17(15)27/h3,5-6,9,11-12H,4,7-8,10H2,1-2H3,(H,22,28)/t11-,12-/m0/s1. The van der Waals surface area contributed by atoms with Gasteiger partial charge in [0.1, 0.15) is 17.5 Å². The first-order chi connectivity index (χ1) is 14.5. The molecule has 5 rings (SSSR count). The number of halogens is 1. The molecule has 0 saturated carbocycles. The van der Waals surface area contributed by atoms with Crippen LogP contribution in [-0.4, -0.2) is 51.3 Å². The molecule has 2 aliphatic heterocycles. The fourth-order valence-electron chi connectivity index (χ4n) is 3.72. The molecule has 1 N–H and O–H groups in total. The lowest BCUT2D eigenvalue weighted by molar-refractivity contribution is 0.0932. The number of fused-ring (bicyclic) bond motifs is 1. The first kappa shape index (κ1) is 18.6. The summed E-state index contributed by atoms with van der Waals surface area (Å²) >= 11 is 0. The number of nitrogens with one attached hydrogen (secondary N) is 1. The molecule has 10 heteroatoms. The zero-order valence-corrected chi connectivity index (χ0v) is 16.6. The molecule has 156 valence electrons. The normalized spacial score (nSPS) is 21.4. The number of carbonyl (C=O) groups is 1. The summed E-state index contributed by atoms with van der Waals surface area (Å²) in [5, 5.41) is 7.10. The molecular weight excluding hydrogens is 391 g/mol. The predicted octanol–water partition coefficient (Wildman–Crippen LogP) is 1.81. The van der Waals surface area contributed by atoms with Crippen molar-refractivity contribution in [2.45, 2.75) is 26.5 Å². The molecule has 3 aromatic rings. The fraction of sp³-hybridized carbons (Fsp3) is 0.400. The van der Waals surface area contributed by atoms with Crippen LogP contribution in [0.25, 0.3) is 5.65 Å². The van der Waals surface area contributed by atoms with Crippen molar-refractivity contribution in [1.29, 1.82) is 0 Å². The van der Waals surface area contributed by atoms with Crippen molar-refractivity contribution >= 4 is 17.4 Å². The number of ether oxygens (including phenoxy) is 2. The molecule has 1 amide bonds. The van der Waals surface area contributed by atoms with Crippen LogP contribution in [0.15, 0.2) is 24.7 Å². The molecule has 0 aromatic carbocycles. The second kappa shape index (κ2) is 7.12. The van der Waals surface area contributed by atoms with Gasteiger partial charge in [0.2, 0.25) is 5.88 Å². The van der Waals surface area contributed by atoms with Gasteiger partial charge in [-0.1, -0.05) is 6.92 Å². The summed E-state index contributed by atoms with van der Waals surface area (Å²) in [6.45, 7) is 5.62. The third-order valence-corrected chi connectivity index (χ3v) is 5.16. The van der Waals surface area contributed by atoms with Gasteiger partial charge in [-0.15, -0.1) is 0 Å². The Bertz CT molecular complexity index is 1130. The average Bonchev–Trinajstić information content (AvgIpc) is 3.06. The summed E-state index contributed by atoms with van der Waals surface area (Å²) in [6, 6.07) is 1.42. The third-order valence-electron chi connectivity index (χ3n) is 5.16.